The standard InChI is InChI=1S/C27H23F3N8O2/c1-2-21(39)37-12-9-17(10-13-37)38-25-22-19(14-32-24(22)33-15-34-25)23(36-38)35-16-5-7-18(8-6-16)40-26-20(27(28,29)30)4-3-11-31-26/h2-8,11,14-15,17H,1,9-10,12-13H2,(H,35,36)(H,32,33,34). The normalized spacial score (nSPS) is 14.5. The van der Waals surface area contributed by atoms with E-state index in [1.54, 1.807) is 41.7 Å². The van der Waals surface area contributed by atoms with E-state index in [2.05, 4.69) is 31.8 Å². The molecule has 0 bridgehead atoms. The molecule has 1 aliphatic rings. The van der Waals surface area contributed by atoms with Gasteiger partial charge in [0.05, 0.1) is 23.1 Å². The molecule has 1 amide bonds. The SMILES string of the molecule is C=CC(=O)N1CCC(n2nc(Nc3ccc(Oc4ncccc4C(F)(F)F)cc3)c3cnc4[nH]cnc2c43)CC1. The number of carbonyl (C=O) groups excluding carboxylic acids is 1. The summed E-state index contributed by atoms with van der Waals surface area (Å²) in [5.41, 5.74) is 1.03. The van der Waals surface area contributed by atoms with Gasteiger partial charge in [0, 0.05) is 31.2 Å². The first-order valence-corrected chi connectivity index (χ1v) is 12.5. The van der Waals surface area contributed by atoms with Gasteiger partial charge in [-0.2, -0.15) is 18.3 Å². The van der Waals surface area contributed by atoms with Crippen molar-refractivity contribution in [3.8, 4) is 11.6 Å². The Hall–Kier alpha value is -4.94. The molecule has 13 heteroatoms. The summed E-state index contributed by atoms with van der Waals surface area (Å²) < 4.78 is 47.2. The predicted octanol–water partition coefficient (Wildman–Crippen LogP) is 5.61. The summed E-state index contributed by atoms with van der Waals surface area (Å²) in [5, 5.41) is 9.77. The summed E-state index contributed by atoms with van der Waals surface area (Å²) in [6.45, 7) is 4.72. The summed E-state index contributed by atoms with van der Waals surface area (Å²) in [5.74, 6) is 0.128. The molecule has 10 nitrogen and oxygen atoms in total. The highest BCUT2D eigenvalue weighted by atomic mass is 19.4. The number of likely N-dealkylation sites (tertiary alicyclic amines) is 1. The van der Waals surface area contributed by atoms with Crippen molar-refractivity contribution in [3.05, 3.63) is 73.3 Å². The summed E-state index contributed by atoms with van der Waals surface area (Å²) in [7, 11) is 0. The second-order valence-corrected chi connectivity index (χ2v) is 9.28. The van der Waals surface area contributed by atoms with Crippen molar-refractivity contribution in [3.63, 3.8) is 0 Å². The number of hydrogen-bond acceptors (Lipinski definition) is 7. The lowest BCUT2D eigenvalue weighted by Crippen LogP contribution is -2.38. The largest absolute Gasteiger partial charge is 0.438 e. The van der Waals surface area contributed by atoms with Crippen LogP contribution in [0.2, 0.25) is 0 Å². The molecule has 40 heavy (non-hydrogen) atoms. The fourth-order valence-electron chi connectivity index (χ4n) is 4.85. The molecule has 0 unspecified atom stereocenters. The molecule has 2 N–H and O–H groups in total. The molecule has 6 rings (SSSR count). The van der Waals surface area contributed by atoms with Crippen LogP contribution in [-0.2, 0) is 11.0 Å². The van der Waals surface area contributed by atoms with E-state index >= 15 is 0 Å². The maximum absolute atomic E-state index is 13.3. The minimum absolute atomic E-state index is 0.00351. The molecule has 0 aliphatic carbocycles. The fourth-order valence-corrected chi connectivity index (χ4v) is 4.85. The van der Waals surface area contributed by atoms with Crippen molar-refractivity contribution in [2.75, 3.05) is 18.4 Å². The maximum Gasteiger partial charge on any atom is 0.421 e. The van der Waals surface area contributed by atoms with E-state index in [4.69, 9.17) is 9.84 Å². The van der Waals surface area contributed by atoms with Gasteiger partial charge in [0.25, 0.3) is 0 Å². The number of benzene rings is 1. The smallest absolute Gasteiger partial charge is 0.421 e. The van der Waals surface area contributed by atoms with Crippen LogP contribution >= 0.6 is 0 Å². The monoisotopic (exact) mass is 548 g/mol. The molecule has 5 aromatic rings. The molecule has 0 atom stereocenters. The Morgan fingerprint density at radius 1 is 1.12 bits per heavy atom. The Morgan fingerprint density at radius 3 is 2.62 bits per heavy atom. The number of amides is 1. The van der Waals surface area contributed by atoms with Crippen molar-refractivity contribution < 1.29 is 22.7 Å². The topological polar surface area (TPSA) is 114 Å². The van der Waals surface area contributed by atoms with Crippen LogP contribution in [0.1, 0.15) is 24.4 Å². The van der Waals surface area contributed by atoms with Crippen LogP contribution in [0, 0.1) is 0 Å². The second-order valence-electron chi connectivity index (χ2n) is 9.28. The third-order valence-corrected chi connectivity index (χ3v) is 6.83. The number of H-pyrrole nitrogens is 1. The Morgan fingerprint density at radius 2 is 1.90 bits per heavy atom. The second kappa shape index (κ2) is 9.98. The number of halogens is 3. The van der Waals surface area contributed by atoms with Crippen molar-refractivity contribution in [2.45, 2.75) is 25.1 Å². The Labute approximate surface area is 225 Å². The molecule has 1 fully saturated rings. The number of piperidine rings is 1. The summed E-state index contributed by atoms with van der Waals surface area (Å²) >= 11 is 0. The van der Waals surface area contributed by atoms with E-state index in [0.717, 1.165) is 16.8 Å². The van der Waals surface area contributed by atoms with E-state index in [1.807, 2.05) is 4.68 Å². The van der Waals surface area contributed by atoms with Gasteiger partial charge in [-0.05, 0) is 55.3 Å². The van der Waals surface area contributed by atoms with Crippen LogP contribution < -0.4 is 10.1 Å². The first-order chi connectivity index (χ1) is 19.3. The van der Waals surface area contributed by atoms with Gasteiger partial charge >= 0.3 is 6.18 Å². The highest BCUT2D eigenvalue weighted by molar-refractivity contribution is 6.09. The molecule has 0 spiro atoms. The molecule has 1 saturated heterocycles. The number of hydrogen-bond donors (Lipinski definition) is 2. The average Bonchev–Trinajstić information content (AvgIpc) is 3.40. The molecule has 0 radical (unpaired) electrons. The molecule has 1 aromatic carbocycles. The number of nitrogens with one attached hydrogen (secondary N) is 2. The number of alkyl halides is 3. The van der Waals surface area contributed by atoms with Gasteiger partial charge in [-0.3, -0.25) is 4.79 Å². The van der Waals surface area contributed by atoms with Crippen LogP contribution in [0.15, 0.2) is 67.8 Å². The van der Waals surface area contributed by atoms with E-state index in [-0.39, 0.29) is 17.7 Å². The number of rotatable bonds is 6. The Bertz CT molecular complexity index is 1700. The first kappa shape index (κ1) is 25.3. The zero-order chi connectivity index (χ0) is 27.9. The maximum atomic E-state index is 13.3. The molecular weight excluding hydrogens is 525 g/mol. The molecule has 1 aliphatic heterocycles. The molecule has 204 valence electrons. The number of aromatic nitrogens is 6. The van der Waals surface area contributed by atoms with Gasteiger partial charge in [0.2, 0.25) is 11.8 Å². The predicted molar refractivity (Wildman–Crippen MR) is 141 cm³/mol. The van der Waals surface area contributed by atoms with Gasteiger partial charge in [-0.15, -0.1) is 0 Å². The van der Waals surface area contributed by atoms with Crippen LogP contribution in [0.3, 0.4) is 0 Å². The lowest BCUT2D eigenvalue weighted by atomic mass is 10.0. The quantitative estimate of drug-likeness (QED) is 0.265. The summed E-state index contributed by atoms with van der Waals surface area (Å²) in [6.07, 6.45) is 2.66. The number of ether oxygens (including phenoxy) is 1. The van der Waals surface area contributed by atoms with Crippen molar-refractivity contribution >= 4 is 39.5 Å². The Kier molecular flexibility index (Phi) is 6.33. The van der Waals surface area contributed by atoms with Gasteiger partial charge in [0.15, 0.2) is 11.5 Å². The lowest BCUT2D eigenvalue weighted by Gasteiger charge is -2.32. The molecular formula is C27H23F3N8O2. The number of anilines is 2. The molecule has 4 aromatic heterocycles. The third-order valence-electron chi connectivity index (χ3n) is 6.83. The minimum atomic E-state index is -4.59. The molecule has 0 saturated carbocycles. The van der Waals surface area contributed by atoms with Crippen molar-refractivity contribution in [1.82, 2.24) is 34.6 Å². The van der Waals surface area contributed by atoms with Gasteiger partial charge < -0.3 is 19.9 Å². The third kappa shape index (κ3) is 4.70. The van der Waals surface area contributed by atoms with Crippen LogP contribution in [0.4, 0.5) is 24.7 Å². The van der Waals surface area contributed by atoms with Crippen molar-refractivity contribution in [2.24, 2.45) is 0 Å². The Balaban J connectivity index is 1.28. The van der Waals surface area contributed by atoms with Gasteiger partial charge in [0.1, 0.15) is 17.0 Å². The summed E-state index contributed by atoms with van der Waals surface area (Å²) in [6, 6.07) is 8.59. The average molecular weight is 549 g/mol. The van der Waals surface area contributed by atoms with Crippen molar-refractivity contribution in [1.29, 1.82) is 0 Å². The highest BCUT2D eigenvalue weighted by Gasteiger charge is 2.35. The lowest BCUT2D eigenvalue weighted by molar-refractivity contribution is -0.138. The number of nitrogens with zero attached hydrogens (tertiary/aromatic N) is 6. The zero-order valence-electron chi connectivity index (χ0n) is 21.0. The zero-order valence-corrected chi connectivity index (χ0v) is 21.0. The van der Waals surface area contributed by atoms with Gasteiger partial charge in [-0.25, -0.2) is 19.6 Å². The van der Waals surface area contributed by atoms with Gasteiger partial charge in [-0.1, -0.05) is 6.58 Å². The van der Waals surface area contributed by atoms with Crippen LogP contribution in [0.5, 0.6) is 11.6 Å². The number of pyridine rings is 1. The minimum Gasteiger partial charge on any atom is -0.438 e. The summed E-state index contributed by atoms with van der Waals surface area (Å²) in [4.78, 5) is 29.6. The van der Waals surface area contributed by atoms with E-state index in [9.17, 15) is 18.0 Å². The van der Waals surface area contributed by atoms with E-state index < -0.39 is 17.6 Å². The fraction of sp³-hybridized carbons (Fsp3) is 0.222. The van der Waals surface area contributed by atoms with Crippen LogP contribution in [-0.4, -0.2) is 53.6 Å². The highest BCUT2D eigenvalue weighted by Crippen LogP contribution is 2.37. The van der Waals surface area contributed by atoms with E-state index in [1.165, 1.54) is 18.3 Å². The number of carbonyl (C=O) groups is 1. The molecule has 5 heterocycles. The number of aromatic amines is 1. The first-order valence-electron chi connectivity index (χ1n) is 12.5. The van der Waals surface area contributed by atoms with Crippen LogP contribution in [0.25, 0.3) is 22.1 Å². The van der Waals surface area contributed by atoms with E-state index in [0.29, 0.717) is 48.7 Å².